The summed E-state index contributed by atoms with van der Waals surface area (Å²) in [6.45, 7) is 3.41. The Balaban J connectivity index is 1.53. The van der Waals surface area contributed by atoms with Gasteiger partial charge in [0.1, 0.15) is 0 Å². The Labute approximate surface area is 91.0 Å². The number of hydrogen-bond acceptors (Lipinski definition) is 2. The van der Waals surface area contributed by atoms with Gasteiger partial charge in [-0.15, -0.1) is 0 Å². The quantitative estimate of drug-likeness (QED) is 0.799. The van der Waals surface area contributed by atoms with Gasteiger partial charge in [-0.2, -0.15) is 0 Å². The molecule has 2 aliphatic carbocycles. The molecule has 0 radical (unpaired) electrons. The zero-order valence-electron chi connectivity index (χ0n) is 9.33. The van der Waals surface area contributed by atoms with Crippen molar-refractivity contribution in [2.45, 2.75) is 38.6 Å². The van der Waals surface area contributed by atoms with Gasteiger partial charge in [0.05, 0.1) is 12.5 Å². The van der Waals surface area contributed by atoms with Crippen molar-refractivity contribution < 1.29 is 4.42 Å². The molecule has 0 aromatic carbocycles. The smallest absolute Gasteiger partial charge is 0.0950 e. The number of nitrogens with one attached hydrogen (secondary N) is 1. The molecule has 2 aliphatic rings. The summed E-state index contributed by atoms with van der Waals surface area (Å²) in [6.07, 6.45) is 9.44. The van der Waals surface area contributed by atoms with Gasteiger partial charge in [0.15, 0.2) is 0 Å². The van der Waals surface area contributed by atoms with Gasteiger partial charge in [0, 0.05) is 18.2 Å². The maximum Gasteiger partial charge on any atom is 0.0950 e. The van der Waals surface area contributed by atoms with Gasteiger partial charge in [-0.1, -0.05) is 0 Å². The van der Waals surface area contributed by atoms with Crippen molar-refractivity contribution in [3.63, 3.8) is 0 Å². The van der Waals surface area contributed by atoms with Crippen LogP contribution in [0.4, 0.5) is 0 Å². The molecule has 2 fully saturated rings. The van der Waals surface area contributed by atoms with Crippen LogP contribution in [0.5, 0.6) is 0 Å². The monoisotopic (exact) mass is 205 g/mol. The van der Waals surface area contributed by atoms with E-state index >= 15 is 0 Å². The molecule has 1 N–H and O–H groups in total. The maximum absolute atomic E-state index is 5.10. The van der Waals surface area contributed by atoms with Crippen molar-refractivity contribution >= 4 is 0 Å². The van der Waals surface area contributed by atoms with E-state index in [1.165, 1.54) is 37.8 Å². The molecule has 0 bridgehead atoms. The van der Waals surface area contributed by atoms with Crippen LogP contribution in [-0.4, -0.2) is 6.54 Å². The van der Waals surface area contributed by atoms with E-state index in [9.17, 15) is 0 Å². The third kappa shape index (κ3) is 1.83. The fraction of sp³-hybridized carbons (Fsp3) is 0.692. The van der Waals surface area contributed by atoms with Gasteiger partial charge >= 0.3 is 0 Å². The second kappa shape index (κ2) is 3.38. The lowest BCUT2D eigenvalue weighted by atomic mass is 10.00. The zero-order valence-corrected chi connectivity index (χ0v) is 9.33. The van der Waals surface area contributed by atoms with E-state index in [4.69, 9.17) is 4.42 Å². The number of furan rings is 1. The standard InChI is InChI=1S/C13H19NO/c1-10(11-4-7-15-8-11)14-9-13(5-6-13)12-2-3-12/h4,7-8,10,12,14H,2-3,5-6,9H2,1H3. The zero-order chi connectivity index (χ0) is 10.3. The second-order valence-corrected chi connectivity index (χ2v) is 5.30. The number of hydrogen-bond donors (Lipinski definition) is 1. The molecule has 2 nitrogen and oxygen atoms in total. The Morgan fingerprint density at radius 3 is 2.87 bits per heavy atom. The van der Waals surface area contributed by atoms with Crippen LogP contribution in [-0.2, 0) is 0 Å². The van der Waals surface area contributed by atoms with E-state index in [2.05, 4.69) is 12.2 Å². The van der Waals surface area contributed by atoms with Gasteiger partial charge in [-0.3, -0.25) is 0 Å². The molecule has 2 heteroatoms. The van der Waals surface area contributed by atoms with Crippen molar-refractivity contribution in [2.75, 3.05) is 6.54 Å². The SMILES string of the molecule is CC(NCC1(C2CC2)CC1)c1ccoc1. The van der Waals surface area contributed by atoms with Gasteiger partial charge in [0.25, 0.3) is 0 Å². The molecular formula is C13H19NO. The minimum Gasteiger partial charge on any atom is -0.472 e. The average molecular weight is 205 g/mol. The van der Waals surface area contributed by atoms with E-state index < -0.39 is 0 Å². The Morgan fingerprint density at radius 1 is 1.53 bits per heavy atom. The van der Waals surface area contributed by atoms with E-state index in [1.807, 2.05) is 12.3 Å². The third-order valence-corrected chi connectivity index (χ3v) is 4.14. The number of rotatable bonds is 5. The van der Waals surface area contributed by atoms with Gasteiger partial charge < -0.3 is 9.73 Å². The summed E-state index contributed by atoms with van der Waals surface area (Å²) >= 11 is 0. The fourth-order valence-corrected chi connectivity index (χ4v) is 2.58. The predicted octanol–water partition coefficient (Wildman–Crippen LogP) is 3.12. The van der Waals surface area contributed by atoms with E-state index in [0.29, 0.717) is 11.5 Å². The summed E-state index contributed by atoms with van der Waals surface area (Å²) in [6, 6.07) is 2.48. The summed E-state index contributed by atoms with van der Waals surface area (Å²) in [5, 5.41) is 3.65. The van der Waals surface area contributed by atoms with Crippen LogP contribution in [0.1, 0.15) is 44.2 Å². The summed E-state index contributed by atoms with van der Waals surface area (Å²) in [7, 11) is 0. The average Bonchev–Trinajstić information content (AvgIpc) is 3.14. The van der Waals surface area contributed by atoms with Crippen molar-refractivity contribution in [3.8, 4) is 0 Å². The minimum absolute atomic E-state index is 0.431. The van der Waals surface area contributed by atoms with Gasteiger partial charge in [0.2, 0.25) is 0 Å². The van der Waals surface area contributed by atoms with Crippen molar-refractivity contribution in [1.29, 1.82) is 0 Å². The molecule has 1 atom stereocenters. The molecule has 1 aromatic heterocycles. The molecule has 0 spiro atoms. The van der Waals surface area contributed by atoms with Crippen LogP contribution in [0, 0.1) is 11.3 Å². The van der Waals surface area contributed by atoms with Crippen molar-refractivity contribution in [1.82, 2.24) is 5.32 Å². The summed E-state index contributed by atoms with van der Waals surface area (Å²) in [5.74, 6) is 1.04. The lowest BCUT2D eigenvalue weighted by molar-refractivity contribution is 0.381. The Kier molecular flexibility index (Phi) is 2.13. The molecular weight excluding hydrogens is 186 g/mol. The molecule has 0 saturated heterocycles. The normalized spacial score (nSPS) is 25.1. The first-order valence-corrected chi connectivity index (χ1v) is 6.06. The van der Waals surface area contributed by atoms with Crippen LogP contribution in [0.25, 0.3) is 0 Å². The van der Waals surface area contributed by atoms with Crippen LogP contribution in [0.3, 0.4) is 0 Å². The Bertz CT molecular complexity index is 322. The van der Waals surface area contributed by atoms with Crippen LogP contribution < -0.4 is 5.32 Å². The Hall–Kier alpha value is -0.760. The van der Waals surface area contributed by atoms with Crippen molar-refractivity contribution in [3.05, 3.63) is 24.2 Å². The highest BCUT2D eigenvalue weighted by Crippen LogP contribution is 2.60. The van der Waals surface area contributed by atoms with Crippen LogP contribution in [0.15, 0.2) is 23.0 Å². The third-order valence-electron chi connectivity index (χ3n) is 4.14. The Morgan fingerprint density at radius 2 is 2.33 bits per heavy atom. The van der Waals surface area contributed by atoms with Crippen LogP contribution >= 0.6 is 0 Å². The highest BCUT2D eigenvalue weighted by molar-refractivity contribution is 5.12. The molecule has 82 valence electrons. The lowest BCUT2D eigenvalue weighted by Crippen LogP contribution is -2.27. The molecule has 3 rings (SSSR count). The molecule has 1 unspecified atom stereocenters. The highest BCUT2D eigenvalue weighted by Gasteiger charge is 2.53. The highest BCUT2D eigenvalue weighted by atomic mass is 16.3. The first-order valence-electron chi connectivity index (χ1n) is 6.06. The molecule has 0 amide bonds. The summed E-state index contributed by atoms with van der Waals surface area (Å²) in [4.78, 5) is 0. The fourth-order valence-electron chi connectivity index (χ4n) is 2.58. The maximum atomic E-state index is 5.10. The summed E-state index contributed by atoms with van der Waals surface area (Å²) in [5.41, 5.74) is 1.96. The first-order chi connectivity index (χ1) is 7.30. The minimum atomic E-state index is 0.431. The van der Waals surface area contributed by atoms with Crippen LogP contribution in [0.2, 0.25) is 0 Å². The predicted molar refractivity (Wildman–Crippen MR) is 59.5 cm³/mol. The molecule has 0 aliphatic heterocycles. The summed E-state index contributed by atoms with van der Waals surface area (Å²) < 4.78 is 5.10. The topological polar surface area (TPSA) is 25.2 Å². The van der Waals surface area contributed by atoms with E-state index in [0.717, 1.165) is 5.92 Å². The van der Waals surface area contributed by atoms with Gasteiger partial charge in [-0.05, 0) is 50.0 Å². The lowest BCUT2D eigenvalue weighted by Gasteiger charge is -2.18. The van der Waals surface area contributed by atoms with E-state index in [1.54, 1.807) is 6.26 Å². The molecule has 2 saturated carbocycles. The molecule has 15 heavy (non-hydrogen) atoms. The molecule has 1 heterocycles. The first kappa shape index (κ1) is 9.46. The van der Waals surface area contributed by atoms with E-state index in [-0.39, 0.29) is 0 Å². The van der Waals surface area contributed by atoms with Gasteiger partial charge in [-0.25, -0.2) is 0 Å². The largest absolute Gasteiger partial charge is 0.472 e. The molecule has 1 aromatic rings. The second-order valence-electron chi connectivity index (χ2n) is 5.30. The van der Waals surface area contributed by atoms with Crippen molar-refractivity contribution in [2.24, 2.45) is 11.3 Å².